The average molecular weight is 264 g/mol. The van der Waals surface area contributed by atoms with Gasteiger partial charge in [-0.2, -0.15) is 0 Å². The molecule has 0 spiro atoms. The maximum atomic E-state index is 9.42. The van der Waals surface area contributed by atoms with Crippen LogP contribution in [-0.2, 0) is 0 Å². The minimum atomic E-state index is -0.417. The molecule has 0 aliphatic rings. The van der Waals surface area contributed by atoms with E-state index in [1.165, 1.54) is 0 Å². The Kier molecular flexibility index (Phi) is 5.91. The Morgan fingerprint density at radius 1 is 1.19 bits per heavy atom. The van der Waals surface area contributed by atoms with E-state index < -0.39 is 6.10 Å². The third kappa shape index (κ3) is 5.03. The van der Waals surface area contributed by atoms with Gasteiger partial charge in [0.25, 0.3) is 0 Å². The van der Waals surface area contributed by atoms with Crippen molar-refractivity contribution in [2.24, 2.45) is 5.73 Å². The summed E-state index contributed by atoms with van der Waals surface area (Å²) in [7, 11) is 0. The molecule has 3 nitrogen and oxygen atoms in total. The summed E-state index contributed by atoms with van der Waals surface area (Å²) in [5.41, 5.74) is 5.32. The Bertz CT molecular complexity index is 314. The first kappa shape index (κ1) is 13.6. The molecular formula is C11H15Cl2NO2. The van der Waals surface area contributed by atoms with Crippen molar-refractivity contribution < 1.29 is 9.84 Å². The first-order chi connectivity index (χ1) is 7.61. The molecule has 90 valence electrons. The molecule has 1 atom stereocenters. The second-order valence-corrected chi connectivity index (χ2v) is 4.35. The van der Waals surface area contributed by atoms with Crippen LogP contribution in [0, 0.1) is 0 Å². The molecule has 0 heterocycles. The SMILES string of the molecule is NCCC(O)CCOc1cc(Cl)cc(Cl)c1. The van der Waals surface area contributed by atoms with E-state index >= 15 is 0 Å². The van der Waals surface area contributed by atoms with Gasteiger partial charge in [0, 0.05) is 16.5 Å². The normalized spacial score (nSPS) is 12.5. The lowest BCUT2D eigenvalue weighted by molar-refractivity contribution is 0.133. The zero-order valence-corrected chi connectivity index (χ0v) is 10.3. The minimum absolute atomic E-state index is 0.415. The summed E-state index contributed by atoms with van der Waals surface area (Å²) >= 11 is 11.6. The van der Waals surface area contributed by atoms with Crippen molar-refractivity contribution in [3.05, 3.63) is 28.2 Å². The fourth-order valence-corrected chi connectivity index (χ4v) is 1.77. The van der Waals surface area contributed by atoms with Crippen molar-refractivity contribution in [3.63, 3.8) is 0 Å². The lowest BCUT2D eigenvalue weighted by Gasteiger charge is -2.10. The summed E-state index contributed by atoms with van der Waals surface area (Å²) < 4.78 is 5.41. The van der Waals surface area contributed by atoms with Crippen LogP contribution in [0.2, 0.25) is 10.0 Å². The first-order valence-corrected chi connectivity index (χ1v) is 5.84. The van der Waals surface area contributed by atoms with Gasteiger partial charge in [0.2, 0.25) is 0 Å². The summed E-state index contributed by atoms with van der Waals surface area (Å²) in [6.07, 6.45) is 0.709. The number of nitrogens with two attached hydrogens (primary N) is 1. The Morgan fingerprint density at radius 2 is 1.81 bits per heavy atom. The van der Waals surface area contributed by atoms with E-state index in [0.717, 1.165) is 0 Å². The fourth-order valence-electron chi connectivity index (χ4n) is 1.26. The number of halogens is 2. The van der Waals surface area contributed by atoms with E-state index in [2.05, 4.69) is 0 Å². The van der Waals surface area contributed by atoms with Gasteiger partial charge >= 0.3 is 0 Å². The second-order valence-electron chi connectivity index (χ2n) is 3.47. The number of benzene rings is 1. The van der Waals surface area contributed by atoms with E-state index in [1.54, 1.807) is 18.2 Å². The van der Waals surface area contributed by atoms with Crippen LogP contribution >= 0.6 is 23.2 Å². The molecule has 1 aromatic rings. The number of aliphatic hydroxyl groups is 1. The molecule has 3 N–H and O–H groups in total. The lowest BCUT2D eigenvalue weighted by Crippen LogP contribution is -2.16. The van der Waals surface area contributed by atoms with Crippen molar-refractivity contribution in [3.8, 4) is 5.75 Å². The van der Waals surface area contributed by atoms with Gasteiger partial charge in [0.1, 0.15) is 5.75 Å². The minimum Gasteiger partial charge on any atom is -0.493 e. The number of ether oxygens (including phenoxy) is 1. The lowest BCUT2D eigenvalue weighted by atomic mass is 10.2. The topological polar surface area (TPSA) is 55.5 Å². The van der Waals surface area contributed by atoms with E-state index in [9.17, 15) is 5.11 Å². The van der Waals surface area contributed by atoms with Gasteiger partial charge in [-0.1, -0.05) is 23.2 Å². The predicted octanol–water partition coefficient (Wildman–Crippen LogP) is 2.47. The van der Waals surface area contributed by atoms with Gasteiger partial charge < -0.3 is 15.6 Å². The van der Waals surface area contributed by atoms with Crippen LogP contribution in [0.5, 0.6) is 5.75 Å². The second kappa shape index (κ2) is 6.97. The first-order valence-electron chi connectivity index (χ1n) is 5.09. The van der Waals surface area contributed by atoms with Crippen LogP contribution in [0.25, 0.3) is 0 Å². The molecule has 0 aliphatic heterocycles. The van der Waals surface area contributed by atoms with Gasteiger partial charge in [-0.3, -0.25) is 0 Å². The van der Waals surface area contributed by atoms with Crippen LogP contribution in [0.4, 0.5) is 0 Å². The summed E-state index contributed by atoms with van der Waals surface area (Å²) in [5.74, 6) is 0.609. The molecule has 0 aromatic heterocycles. The van der Waals surface area contributed by atoms with Crippen molar-refractivity contribution in [1.29, 1.82) is 0 Å². The Morgan fingerprint density at radius 3 is 2.38 bits per heavy atom. The van der Waals surface area contributed by atoms with Gasteiger partial charge in [-0.25, -0.2) is 0 Å². The molecular weight excluding hydrogens is 249 g/mol. The summed E-state index contributed by atoms with van der Waals surface area (Å²) in [5, 5.41) is 10.5. The molecule has 1 unspecified atom stereocenters. The fraction of sp³-hybridized carbons (Fsp3) is 0.455. The molecule has 16 heavy (non-hydrogen) atoms. The van der Waals surface area contributed by atoms with Gasteiger partial charge in [-0.05, 0) is 31.2 Å². The van der Waals surface area contributed by atoms with Crippen molar-refractivity contribution in [2.75, 3.05) is 13.2 Å². The van der Waals surface area contributed by atoms with E-state index in [-0.39, 0.29) is 0 Å². The number of hydrogen-bond donors (Lipinski definition) is 2. The highest BCUT2D eigenvalue weighted by Crippen LogP contribution is 2.24. The molecule has 1 aromatic carbocycles. The molecule has 5 heteroatoms. The standard InChI is InChI=1S/C11H15Cl2NO2/c12-8-5-9(13)7-11(6-8)16-4-2-10(15)1-3-14/h5-7,10,15H,1-4,14H2. The van der Waals surface area contributed by atoms with Crippen molar-refractivity contribution in [1.82, 2.24) is 0 Å². The summed E-state index contributed by atoms with van der Waals surface area (Å²) in [6.45, 7) is 0.891. The summed E-state index contributed by atoms with van der Waals surface area (Å²) in [6, 6.07) is 5.00. The van der Waals surface area contributed by atoms with Gasteiger partial charge in [-0.15, -0.1) is 0 Å². The maximum Gasteiger partial charge on any atom is 0.122 e. The highest BCUT2D eigenvalue weighted by atomic mass is 35.5. The molecule has 1 rings (SSSR count). The van der Waals surface area contributed by atoms with Crippen LogP contribution in [-0.4, -0.2) is 24.4 Å². The zero-order valence-electron chi connectivity index (χ0n) is 8.83. The highest BCUT2D eigenvalue weighted by Gasteiger charge is 2.04. The molecule has 0 saturated carbocycles. The van der Waals surface area contributed by atoms with Gasteiger partial charge in [0.05, 0.1) is 12.7 Å². The quantitative estimate of drug-likeness (QED) is 0.829. The van der Waals surface area contributed by atoms with Gasteiger partial charge in [0.15, 0.2) is 0 Å². The number of aliphatic hydroxyl groups excluding tert-OH is 1. The molecule has 0 amide bonds. The third-order valence-electron chi connectivity index (χ3n) is 2.06. The molecule has 0 aliphatic carbocycles. The van der Waals surface area contributed by atoms with E-state index in [1.807, 2.05) is 0 Å². The molecule has 0 saturated heterocycles. The van der Waals surface area contributed by atoms with Crippen molar-refractivity contribution >= 4 is 23.2 Å². The molecule has 0 radical (unpaired) electrons. The smallest absolute Gasteiger partial charge is 0.122 e. The largest absolute Gasteiger partial charge is 0.493 e. The molecule has 0 bridgehead atoms. The highest BCUT2D eigenvalue weighted by molar-refractivity contribution is 6.34. The Labute approximate surface area is 105 Å². The van der Waals surface area contributed by atoms with Crippen LogP contribution in [0.15, 0.2) is 18.2 Å². The Balaban J connectivity index is 2.37. The third-order valence-corrected chi connectivity index (χ3v) is 2.49. The van der Waals surface area contributed by atoms with Crippen molar-refractivity contribution in [2.45, 2.75) is 18.9 Å². The predicted molar refractivity (Wildman–Crippen MR) is 66.3 cm³/mol. The number of hydrogen-bond acceptors (Lipinski definition) is 3. The summed E-state index contributed by atoms with van der Waals surface area (Å²) in [4.78, 5) is 0. The van der Waals surface area contributed by atoms with Crippen LogP contribution in [0.1, 0.15) is 12.8 Å². The Hall–Kier alpha value is -0.480. The van der Waals surface area contributed by atoms with Crippen LogP contribution < -0.4 is 10.5 Å². The zero-order chi connectivity index (χ0) is 12.0. The number of rotatable bonds is 6. The maximum absolute atomic E-state index is 9.42. The van der Waals surface area contributed by atoms with E-state index in [4.69, 9.17) is 33.7 Å². The van der Waals surface area contributed by atoms with Crippen LogP contribution in [0.3, 0.4) is 0 Å². The average Bonchev–Trinajstić information content (AvgIpc) is 2.16. The van der Waals surface area contributed by atoms with E-state index in [0.29, 0.717) is 41.8 Å². The molecule has 0 fully saturated rings. The monoisotopic (exact) mass is 263 g/mol.